The molecule has 2 aromatic carbocycles. The van der Waals surface area contributed by atoms with E-state index in [1.54, 1.807) is 24.3 Å². The first-order valence-corrected chi connectivity index (χ1v) is 11.2. The van der Waals surface area contributed by atoms with Crippen LogP contribution in [0, 0.1) is 0 Å². The lowest BCUT2D eigenvalue weighted by Gasteiger charge is -2.32. The number of likely N-dealkylation sites (tertiary alicyclic amines) is 1. The van der Waals surface area contributed by atoms with Gasteiger partial charge in [-0.1, -0.05) is 30.3 Å². The molecule has 4 rings (SSSR count). The number of carbonyl (C=O) groups excluding carboxylic acids is 1. The third kappa shape index (κ3) is 3.75. The van der Waals surface area contributed by atoms with Gasteiger partial charge in [-0.25, -0.2) is 8.42 Å². The Morgan fingerprint density at radius 2 is 1.75 bits per heavy atom. The monoisotopic (exact) mass is 397 g/mol. The van der Waals surface area contributed by atoms with Crippen molar-refractivity contribution < 1.29 is 13.2 Å². The Labute approximate surface area is 164 Å². The van der Waals surface area contributed by atoms with E-state index in [4.69, 9.17) is 0 Å². The summed E-state index contributed by atoms with van der Waals surface area (Å²) >= 11 is 0. The molecule has 0 aliphatic carbocycles. The topological polar surface area (TPSA) is 82.3 Å². The van der Waals surface area contributed by atoms with Crippen LogP contribution in [0.4, 0.5) is 5.69 Å². The third-order valence-electron chi connectivity index (χ3n) is 5.30. The van der Waals surface area contributed by atoms with Crippen molar-refractivity contribution in [2.75, 3.05) is 24.1 Å². The zero-order valence-corrected chi connectivity index (χ0v) is 16.5. The number of hydrogen-bond acceptors (Lipinski definition) is 3. The number of carbonyl (C=O) groups is 1. The van der Waals surface area contributed by atoms with E-state index in [2.05, 4.69) is 28.0 Å². The van der Waals surface area contributed by atoms with Gasteiger partial charge >= 0.3 is 0 Å². The standard InChI is InChI=1S/C21H23N3O3S/c1-28(26,27)23-20-9-5-3-7-17(20)21(25)24-12-10-15(11-13-24)18-14-22-19-8-4-2-6-16(18)19/h2-9,14-15,22-23H,10-13H2,1H3. The number of rotatable bonds is 4. The minimum atomic E-state index is -3.45. The highest BCUT2D eigenvalue weighted by molar-refractivity contribution is 7.92. The van der Waals surface area contributed by atoms with Crippen molar-refractivity contribution >= 4 is 32.5 Å². The van der Waals surface area contributed by atoms with Gasteiger partial charge in [-0.15, -0.1) is 0 Å². The van der Waals surface area contributed by atoms with E-state index in [0.29, 0.717) is 30.3 Å². The van der Waals surface area contributed by atoms with E-state index >= 15 is 0 Å². The number of piperidine rings is 1. The van der Waals surface area contributed by atoms with Gasteiger partial charge in [0.25, 0.3) is 5.91 Å². The quantitative estimate of drug-likeness (QED) is 0.706. The maximum absolute atomic E-state index is 13.0. The number of anilines is 1. The van der Waals surface area contributed by atoms with E-state index in [1.807, 2.05) is 17.0 Å². The Bertz CT molecular complexity index is 1110. The van der Waals surface area contributed by atoms with Gasteiger partial charge in [0, 0.05) is 30.2 Å². The van der Waals surface area contributed by atoms with Gasteiger partial charge in [0.1, 0.15) is 0 Å². The van der Waals surface area contributed by atoms with Gasteiger partial charge in [-0.2, -0.15) is 0 Å². The molecule has 0 radical (unpaired) electrons. The highest BCUT2D eigenvalue weighted by atomic mass is 32.2. The Hall–Kier alpha value is -2.80. The van der Waals surface area contributed by atoms with Crippen LogP contribution in [-0.4, -0.2) is 43.6 Å². The number of nitrogens with one attached hydrogen (secondary N) is 2. The van der Waals surface area contributed by atoms with E-state index < -0.39 is 10.0 Å². The summed E-state index contributed by atoms with van der Waals surface area (Å²) in [6.07, 6.45) is 4.93. The molecule has 1 aromatic heterocycles. The van der Waals surface area contributed by atoms with Gasteiger partial charge in [0.15, 0.2) is 0 Å². The second-order valence-electron chi connectivity index (χ2n) is 7.28. The predicted molar refractivity (Wildman–Crippen MR) is 111 cm³/mol. The fourth-order valence-corrected chi connectivity index (χ4v) is 4.53. The van der Waals surface area contributed by atoms with Crippen molar-refractivity contribution in [3.8, 4) is 0 Å². The third-order valence-corrected chi connectivity index (χ3v) is 5.89. The van der Waals surface area contributed by atoms with Gasteiger partial charge in [-0.3, -0.25) is 9.52 Å². The first kappa shape index (κ1) is 18.6. The van der Waals surface area contributed by atoms with Crippen molar-refractivity contribution in [1.29, 1.82) is 0 Å². The van der Waals surface area contributed by atoms with E-state index in [-0.39, 0.29) is 5.91 Å². The molecule has 0 atom stereocenters. The Balaban J connectivity index is 1.49. The summed E-state index contributed by atoms with van der Waals surface area (Å²) in [5, 5.41) is 1.25. The van der Waals surface area contributed by atoms with Crippen LogP contribution in [0.3, 0.4) is 0 Å². The first-order valence-electron chi connectivity index (χ1n) is 9.34. The van der Waals surface area contributed by atoms with Crippen molar-refractivity contribution in [3.05, 3.63) is 65.9 Å². The minimum absolute atomic E-state index is 0.135. The fraction of sp³-hybridized carbons (Fsp3) is 0.286. The lowest BCUT2D eigenvalue weighted by molar-refractivity contribution is 0.0714. The molecule has 146 valence electrons. The number of aromatic nitrogens is 1. The van der Waals surface area contributed by atoms with Gasteiger partial charge in [-0.05, 0) is 42.5 Å². The molecule has 28 heavy (non-hydrogen) atoms. The predicted octanol–water partition coefficient (Wildman–Crippen LogP) is 3.56. The average molecular weight is 398 g/mol. The molecule has 0 saturated carbocycles. The molecule has 2 N–H and O–H groups in total. The van der Waals surface area contributed by atoms with Crippen LogP contribution in [0.15, 0.2) is 54.7 Å². The number of H-pyrrole nitrogens is 1. The highest BCUT2D eigenvalue weighted by Gasteiger charge is 2.27. The summed E-state index contributed by atoms with van der Waals surface area (Å²) in [7, 11) is -3.45. The zero-order chi connectivity index (χ0) is 19.7. The number of sulfonamides is 1. The Kier molecular flexibility index (Phi) is 4.85. The van der Waals surface area contributed by atoms with E-state index in [9.17, 15) is 13.2 Å². The van der Waals surface area contributed by atoms with E-state index in [0.717, 1.165) is 24.6 Å². The first-order chi connectivity index (χ1) is 13.4. The van der Waals surface area contributed by atoms with Crippen molar-refractivity contribution in [3.63, 3.8) is 0 Å². The molecule has 7 heteroatoms. The molecule has 0 unspecified atom stereocenters. The van der Waals surface area contributed by atoms with Crippen LogP contribution in [0.1, 0.15) is 34.7 Å². The highest BCUT2D eigenvalue weighted by Crippen LogP contribution is 2.33. The number of amides is 1. The molecule has 1 saturated heterocycles. The number of benzene rings is 2. The summed E-state index contributed by atoms with van der Waals surface area (Å²) < 4.78 is 25.6. The molecule has 1 aliphatic heterocycles. The van der Waals surface area contributed by atoms with Gasteiger partial charge in [0.2, 0.25) is 10.0 Å². The SMILES string of the molecule is CS(=O)(=O)Nc1ccccc1C(=O)N1CCC(c2c[nH]c3ccccc23)CC1. The second kappa shape index (κ2) is 7.31. The minimum Gasteiger partial charge on any atom is -0.361 e. The summed E-state index contributed by atoms with van der Waals surface area (Å²) in [6.45, 7) is 1.30. The van der Waals surface area contributed by atoms with Crippen LogP contribution in [0.5, 0.6) is 0 Å². The average Bonchev–Trinajstić information content (AvgIpc) is 3.11. The lowest BCUT2D eigenvalue weighted by Crippen LogP contribution is -2.38. The summed E-state index contributed by atoms with van der Waals surface area (Å²) in [4.78, 5) is 18.1. The van der Waals surface area contributed by atoms with Crippen LogP contribution < -0.4 is 4.72 Å². The van der Waals surface area contributed by atoms with Crippen molar-refractivity contribution in [2.45, 2.75) is 18.8 Å². The van der Waals surface area contributed by atoms with E-state index in [1.165, 1.54) is 10.9 Å². The maximum atomic E-state index is 13.0. The number of para-hydroxylation sites is 2. The molecule has 1 amide bonds. The van der Waals surface area contributed by atoms with Crippen LogP contribution >= 0.6 is 0 Å². The Morgan fingerprint density at radius 1 is 1.07 bits per heavy atom. The van der Waals surface area contributed by atoms with Crippen LogP contribution in [-0.2, 0) is 10.0 Å². The maximum Gasteiger partial charge on any atom is 0.255 e. The number of nitrogens with zero attached hydrogens (tertiary/aromatic N) is 1. The number of aromatic amines is 1. The largest absolute Gasteiger partial charge is 0.361 e. The summed E-state index contributed by atoms with van der Waals surface area (Å²) in [6, 6.07) is 15.0. The molecule has 0 spiro atoms. The summed E-state index contributed by atoms with van der Waals surface area (Å²) in [5.41, 5.74) is 3.16. The molecule has 2 heterocycles. The number of hydrogen-bond donors (Lipinski definition) is 2. The molecule has 3 aromatic rings. The lowest BCUT2D eigenvalue weighted by atomic mass is 9.89. The molecular formula is C21H23N3O3S. The Morgan fingerprint density at radius 3 is 2.50 bits per heavy atom. The van der Waals surface area contributed by atoms with Gasteiger partial charge < -0.3 is 9.88 Å². The molecule has 1 aliphatic rings. The smallest absolute Gasteiger partial charge is 0.255 e. The zero-order valence-electron chi connectivity index (χ0n) is 15.7. The molecule has 6 nitrogen and oxygen atoms in total. The second-order valence-corrected chi connectivity index (χ2v) is 9.02. The molecule has 0 bridgehead atoms. The molecular weight excluding hydrogens is 374 g/mol. The summed E-state index contributed by atoms with van der Waals surface area (Å²) in [5.74, 6) is 0.272. The van der Waals surface area contributed by atoms with Crippen LogP contribution in [0.25, 0.3) is 10.9 Å². The number of fused-ring (bicyclic) bond motifs is 1. The van der Waals surface area contributed by atoms with Crippen molar-refractivity contribution in [1.82, 2.24) is 9.88 Å². The van der Waals surface area contributed by atoms with Gasteiger partial charge in [0.05, 0.1) is 17.5 Å². The fourth-order valence-electron chi connectivity index (χ4n) is 3.95. The normalized spacial score (nSPS) is 15.7. The van der Waals surface area contributed by atoms with Crippen LogP contribution in [0.2, 0.25) is 0 Å². The molecule has 1 fully saturated rings. The van der Waals surface area contributed by atoms with Crippen molar-refractivity contribution in [2.24, 2.45) is 0 Å².